The quantitative estimate of drug-likeness (QED) is 0.418. The van der Waals surface area contributed by atoms with Crippen LogP contribution in [0.2, 0.25) is 0 Å². The highest BCUT2D eigenvalue weighted by atomic mass is 32.2. The van der Waals surface area contributed by atoms with Crippen LogP contribution in [0, 0.1) is 13.8 Å². The third-order valence-corrected chi connectivity index (χ3v) is 7.06. The monoisotopic (exact) mass is 478 g/mol. The van der Waals surface area contributed by atoms with Crippen molar-refractivity contribution in [3.63, 3.8) is 0 Å². The molecular weight excluding hydrogens is 456 g/mol. The number of aryl methyl sites for hydroxylation is 2. The van der Waals surface area contributed by atoms with E-state index in [4.69, 9.17) is 5.14 Å². The molecular formula is C23H22N6O4S. The second-order valence-corrected chi connectivity index (χ2v) is 9.74. The Hall–Kier alpha value is -3.96. The number of imidazole rings is 2. The molecule has 34 heavy (non-hydrogen) atoms. The molecule has 0 unspecified atom stereocenters. The lowest BCUT2D eigenvalue weighted by molar-refractivity contribution is 0.598. The number of hydrogen-bond acceptors (Lipinski definition) is 5. The molecule has 10 nitrogen and oxygen atoms in total. The summed E-state index contributed by atoms with van der Waals surface area (Å²) in [5.74, 6) is 0.443. The minimum Gasteiger partial charge on any atom is -0.283 e. The Morgan fingerprint density at radius 1 is 0.941 bits per heavy atom. The summed E-state index contributed by atoms with van der Waals surface area (Å²) in [6.45, 7) is 3.89. The van der Waals surface area contributed by atoms with E-state index in [9.17, 15) is 18.0 Å². The highest BCUT2D eigenvalue weighted by molar-refractivity contribution is 7.89. The average molecular weight is 479 g/mol. The number of nitrogens with two attached hydrogens (primary N) is 1. The number of nitrogens with zero attached hydrogens (tertiary/aromatic N) is 5. The molecule has 0 bridgehead atoms. The molecule has 0 amide bonds. The summed E-state index contributed by atoms with van der Waals surface area (Å²) >= 11 is 0. The number of fused-ring (bicyclic) bond motifs is 3. The Kier molecular flexibility index (Phi) is 4.85. The number of hydrogen-bond donors (Lipinski definition) is 1. The second kappa shape index (κ2) is 7.54. The molecule has 0 radical (unpaired) electrons. The number of primary sulfonamides is 1. The van der Waals surface area contributed by atoms with Gasteiger partial charge in [0.1, 0.15) is 0 Å². The number of sulfonamides is 1. The maximum atomic E-state index is 13.5. The molecule has 0 spiro atoms. The molecule has 0 saturated carbocycles. The molecule has 0 fully saturated rings. The Bertz CT molecular complexity index is 1810. The van der Waals surface area contributed by atoms with Crippen LogP contribution in [-0.2, 0) is 23.6 Å². The zero-order valence-electron chi connectivity index (χ0n) is 18.8. The zero-order chi connectivity index (χ0) is 24.4. The van der Waals surface area contributed by atoms with E-state index >= 15 is 0 Å². The Morgan fingerprint density at radius 3 is 2.21 bits per heavy atom. The van der Waals surface area contributed by atoms with Gasteiger partial charge < -0.3 is 0 Å². The first kappa shape index (κ1) is 21.9. The van der Waals surface area contributed by atoms with Gasteiger partial charge in [-0.3, -0.25) is 22.9 Å². The van der Waals surface area contributed by atoms with Crippen molar-refractivity contribution in [3.8, 4) is 5.69 Å². The van der Waals surface area contributed by atoms with Gasteiger partial charge in [0.15, 0.2) is 11.2 Å². The predicted octanol–water partition coefficient (Wildman–Crippen LogP) is 1.45. The molecule has 2 aromatic carbocycles. The largest absolute Gasteiger partial charge is 0.332 e. The van der Waals surface area contributed by atoms with Crippen LogP contribution in [0.15, 0.2) is 69.1 Å². The smallest absolute Gasteiger partial charge is 0.283 e. The molecule has 0 saturated heterocycles. The van der Waals surface area contributed by atoms with E-state index in [-0.39, 0.29) is 17.1 Å². The summed E-state index contributed by atoms with van der Waals surface area (Å²) in [6.07, 6.45) is 0. The van der Waals surface area contributed by atoms with Crippen molar-refractivity contribution in [2.24, 2.45) is 12.2 Å². The first-order valence-corrected chi connectivity index (χ1v) is 12.0. The van der Waals surface area contributed by atoms with Crippen molar-refractivity contribution in [2.45, 2.75) is 25.3 Å². The molecule has 3 heterocycles. The molecule has 5 rings (SSSR count). The normalized spacial score (nSPS) is 12.1. The highest BCUT2D eigenvalue weighted by Crippen LogP contribution is 2.25. The number of aromatic nitrogens is 5. The van der Waals surface area contributed by atoms with Gasteiger partial charge in [-0.15, -0.1) is 0 Å². The van der Waals surface area contributed by atoms with Gasteiger partial charge in [0.2, 0.25) is 15.8 Å². The van der Waals surface area contributed by atoms with E-state index in [1.165, 1.54) is 21.3 Å². The van der Waals surface area contributed by atoms with Gasteiger partial charge in [-0.1, -0.05) is 30.3 Å². The van der Waals surface area contributed by atoms with Crippen LogP contribution in [0.3, 0.4) is 0 Å². The lowest BCUT2D eigenvalue weighted by atomic mass is 10.2. The molecule has 0 atom stereocenters. The van der Waals surface area contributed by atoms with Crippen molar-refractivity contribution >= 4 is 27.0 Å². The van der Waals surface area contributed by atoms with E-state index in [0.29, 0.717) is 17.0 Å². The van der Waals surface area contributed by atoms with Crippen molar-refractivity contribution < 1.29 is 8.42 Å². The van der Waals surface area contributed by atoms with Gasteiger partial charge in [-0.25, -0.2) is 18.4 Å². The fourth-order valence-electron chi connectivity index (χ4n) is 4.25. The highest BCUT2D eigenvalue weighted by Gasteiger charge is 2.23. The summed E-state index contributed by atoms with van der Waals surface area (Å²) in [4.78, 5) is 31.2. The fourth-order valence-corrected chi connectivity index (χ4v) is 4.77. The van der Waals surface area contributed by atoms with Gasteiger partial charge >= 0.3 is 5.69 Å². The first-order chi connectivity index (χ1) is 16.1. The van der Waals surface area contributed by atoms with E-state index in [1.54, 1.807) is 23.6 Å². The Morgan fingerprint density at radius 2 is 1.59 bits per heavy atom. The van der Waals surface area contributed by atoms with Crippen LogP contribution in [-0.4, -0.2) is 31.5 Å². The summed E-state index contributed by atoms with van der Waals surface area (Å²) in [5, 5.41) is 5.22. The maximum Gasteiger partial charge on any atom is 0.332 e. The topological polar surface area (TPSA) is 126 Å². The van der Waals surface area contributed by atoms with Gasteiger partial charge in [0, 0.05) is 24.1 Å². The van der Waals surface area contributed by atoms with Crippen molar-refractivity contribution in [1.29, 1.82) is 0 Å². The van der Waals surface area contributed by atoms with Gasteiger partial charge in [-0.05, 0) is 43.7 Å². The summed E-state index contributed by atoms with van der Waals surface area (Å²) in [7, 11) is -2.24. The molecule has 0 aliphatic rings. The van der Waals surface area contributed by atoms with Gasteiger partial charge in [-0.2, -0.15) is 4.98 Å². The zero-order valence-corrected chi connectivity index (χ0v) is 19.6. The van der Waals surface area contributed by atoms with Gasteiger partial charge in [0.25, 0.3) is 5.56 Å². The minimum absolute atomic E-state index is 0.00602. The lowest BCUT2D eigenvalue weighted by Gasteiger charge is -2.09. The minimum atomic E-state index is -3.83. The summed E-state index contributed by atoms with van der Waals surface area (Å²) in [6, 6.07) is 15.4. The van der Waals surface area contributed by atoms with E-state index in [0.717, 1.165) is 17.0 Å². The standard InChI is InChI=1S/C23H22N6O4S/c1-14-15(2)29-19-20(25-22(29)28(14)17-9-11-18(12-10-17)34(24,32)33)26(3)23(31)27(21(19)30)13-16-7-5-4-6-8-16/h4-12H,13H2,1-3H3,(H2,24,32,33). The first-order valence-electron chi connectivity index (χ1n) is 10.5. The van der Waals surface area contributed by atoms with Crippen molar-refractivity contribution in [3.05, 3.63) is 92.4 Å². The fraction of sp³-hybridized carbons (Fsp3) is 0.174. The third-order valence-electron chi connectivity index (χ3n) is 6.13. The summed E-state index contributed by atoms with van der Waals surface area (Å²) in [5.41, 5.74) is 2.75. The van der Waals surface area contributed by atoms with Crippen LogP contribution >= 0.6 is 0 Å². The maximum absolute atomic E-state index is 13.5. The second-order valence-electron chi connectivity index (χ2n) is 8.18. The predicted molar refractivity (Wildman–Crippen MR) is 128 cm³/mol. The van der Waals surface area contributed by atoms with E-state index in [1.807, 2.05) is 48.7 Å². The van der Waals surface area contributed by atoms with Gasteiger partial charge in [0.05, 0.1) is 11.4 Å². The molecule has 174 valence electrons. The van der Waals surface area contributed by atoms with Crippen LogP contribution in [0.1, 0.15) is 17.0 Å². The molecule has 3 aromatic heterocycles. The third kappa shape index (κ3) is 3.20. The molecule has 2 N–H and O–H groups in total. The molecule has 11 heteroatoms. The number of benzene rings is 2. The van der Waals surface area contributed by atoms with Crippen LogP contribution in [0.5, 0.6) is 0 Å². The summed E-state index contributed by atoms with van der Waals surface area (Å²) < 4.78 is 29.4. The number of rotatable bonds is 4. The van der Waals surface area contributed by atoms with E-state index < -0.39 is 21.3 Å². The molecule has 0 aliphatic heterocycles. The Labute approximate surface area is 194 Å². The van der Waals surface area contributed by atoms with Crippen LogP contribution in [0.25, 0.3) is 22.6 Å². The SMILES string of the molecule is Cc1c(C)n2c3c(=O)n(Cc4ccccc4)c(=O)n(C)c3nc2n1-c1ccc(S(N)(=O)=O)cc1. The average Bonchev–Trinajstić information content (AvgIpc) is 3.31. The lowest BCUT2D eigenvalue weighted by Crippen LogP contribution is -2.39. The van der Waals surface area contributed by atoms with Crippen LogP contribution in [0.4, 0.5) is 0 Å². The molecule has 5 aromatic rings. The van der Waals surface area contributed by atoms with E-state index in [2.05, 4.69) is 4.98 Å². The van der Waals surface area contributed by atoms with Crippen LogP contribution < -0.4 is 16.4 Å². The molecule has 0 aliphatic carbocycles. The van der Waals surface area contributed by atoms with Crippen molar-refractivity contribution in [1.82, 2.24) is 23.1 Å². The Balaban J connectivity index is 1.80. The van der Waals surface area contributed by atoms with Crippen molar-refractivity contribution in [2.75, 3.05) is 0 Å².